The van der Waals surface area contributed by atoms with Crippen molar-refractivity contribution >= 4 is 5.91 Å². The monoisotopic (exact) mass is 248 g/mol. The predicted octanol–water partition coefficient (Wildman–Crippen LogP) is 0.393. The number of aryl methyl sites for hydroxylation is 3. The van der Waals surface area contributed by atoms with E-state index < -0.39 is 0 Å². The van der Waals surface area contributed by atoms with E-state index in [2.05, 4.69) is 25.6 Å². The summed E-state index contributed by atoms with van der Waals surface area (Å²) in [6.45, 7) is 6.07. The van der Waals surface area contributed by atoms with E-state index in [4.69, 9.17) is 0 Å². The third-order valence-corrected chi connectivity index (χ3v) is 2.88. The van der Waals surface area contributed by atoms with Crippen molar-refractivity contribution in [1.82, 2.24) is 30.3 Å². The number of amides is 1. The van der Waals surface area contributed by atoms with Crippen LogP contribution >= 0.6 is 0 Å². The van der Waals surface area contributed by atoms with Crippen LogP contribution in [0.25, 0.3) is 0 Å². The Bertz CT molecular complexity index is 582. The molecule has 0 aliphatic heterocycles. The molecule has 0 unspecified atom stereocenters. The van der Waals surface area contributed by atoms with Gasteiger partial charge in [-0.25, -0.2) is 4.98 Å². The van der Waals surface area contributed by atoms with Crippen molar-refractivity contribution in [3.63, 3.8) is 0 Å². The zero-order chi connectivity index (χ0) is 13.3. The van der Waals surface area contributed by atoms with Gasteiger partial charge in [-0.05, 0) is 20.8 Å². The highest BCUT2D eigenvalue weighted by Crippen LogP contribution is 2.11. The molecule has 0 aromatic carbocycles. The summed E-state index contributed by atoms with van der Waals surface area (Å²) >= 11 is 0. The molecule has 2 rings (SSSR count). The van der Waals surface area contributed by atoms with Crippen molar-refractivity contribution in [3.8, 4) is 0 Å². The molecule has 0 spiro atoms. The summed E-state index contributed by atoms with van der Waals surface area (Å²) in [6.07, 6.45) is 0. The molecule has 96 valence electrons. The van der Waals surface area contributed by atoms with Gasteiger partial charge in [0.1, 0.15) is 5.82 Å². The number of aromatic amines is 1. The highest BCUT2D eigenvalue weighted by molar-refractivity contribution is 5.90. The Morgan fingerprint density at radius 1 is 1.39 bits per heavy atom. The molecule has 18 heavy (non-hydrogen) atoms. The van der Waals surface area contributed by atoms with E-state index in [1.165, 1.54) is 0 Å². The Balaban J connectivity index is 2.06. The first-order valence-electron chi connectivity index (χ1n) is 5.65. The van der Waals surface area contributed by atoms with E-state index in [0.717, 1.165) is 17.0 Å². The number of hydrogen-bond donors (Lipinski definition) is 2. The van der Waals surface area contributed by atoms with Gasteiger partial charge in [-0.2, -0.15) is 5.10 Å². The van der Waals surface area contributed by atoms with Crippen molar-refractivity contribution in [2.75, 3.05) is 0 Å². The fourth-order valence-corrected chi connectivity index (χ4v) is 1.77. The van der Waals surface area contributed by atoms with Crippen LogP contribution in [0.5, 0.6) is 0 Å². The maximum Gasteiger partial charge on any atom is 0.291 e. The van der Waals surface area contributed by atoms with Crippen molar-refractivity contribution < 1.29 is 4.79 Å². The van der Waals surface area contributed by atoms with E-state index in [9.17, 15) is 4.79 Å². The van der Waals surface area contributed by atoms with Crippen molar-refractivity contribution in [2.45, 2.75) is 27.3 Å². The second-order valence-electron chi connectivity index (χ2n) is 4.20. The summed E-state index contributed by atoms with van der Waals surface area (Å²) in [6, 6.07) is 0. The van der Waals surface area contributed by atoms with Crippen LogP contribution in [0.4, 0.5) is 0 Å². The fourth-order valence-electron chi connectivity index (χ4n) is 1.77. The molecule has 2 aromatic rings. The van der Waals surface area contributed by atoms with Gasteiger partial charge in [-0.15, -0.1) is 5.10 Å². The average Bonchev–Trinajstić information content (AvgIpc) is 2.83. The molecule has 0 atom stereocenters. The molecule has 2 aromatic heterocycles. The molecule has 0 aliphatic carbocycles. The van der Waals surface area contributed by atoms with Crippen LogP contribution in [0.1, 0.15) is 33.4 Å². The number of carbonyl (C=O) groups is 1. The number of carbonyl (C=O) groups excluding carboxylic acids is 1. The van der Waals surface area contributed by atoms with Crippen LogP contribution in [-0.4, -0.2) is 30.9 Å². The van der Waals surface area contributed by atoms with Gasteiger partial charge in [0.2, 0.25) is 5.82 Å². The van der Waals surface area contributed by atoms with Crippen LogP contribution in [0.3, 0.4) is 0 Å². The SMILES string of the molecule is Cc1nc(C(=O)NCc2c(C)nn(C)c2C)n[nH]1. The van der Waals surface area contributed by atoms with E-state index in [1.54, 1.807) is 11.6 Å². The van der Waals surface area contributed by atoms with E-state index in [-0.39, 0.29) is 11.7 Å². The highest BCUT2D eigenvalue weighted by atomic mass is 16.2. The van der Waals surface area contributed by atoms with Crippen molar-refractivity contribution in [2.24, 2.45) is 7.05 Å². The van der Waals surface area contributed by atoms with Crippen LogP contribution in [-0.2, 0) is 13.6 Å². The van der Waals surface area contributed by atoms with E-state index >= 15 is 0 Å². The van der Waals surface area contributed by atoms with Gasteiger partial charge in [0.25, 0.3) is 5.91 Å². The van der Waals surface area contributed by atoms with Gasteiger partial charge in [0, 0.05) is 24.8 Å². The zero-order valence-corrected chi connectivity index (χ0v) is 10.9. The van der Waals surface area contributed by atoms with Gasteiger partial charge in [-0.3, -0.25) is 14.6 Å². The number of hydrogen-bond acceptors (Lipinski definition) is 4. The lowest BCUT2D eigenvalue weighted by Crippen LogP contribution is -2.24. The van der Waals surface area contributed by atoms with Crippen molar-refractivity contribution in [1.29, 1.82) is 0 Å². The zero-order valence-electron chi connectivity index (χ0n) is 10.9. The number of aromatic nitrogens is 5. The molecule has 0 fully saturated rings. The molecule has 2 heterocycles. The molecule has 0 bridgehead atoms. The lowest BCUT2D eigenvalue weighted by Gasteiger charge is -2.03. The van der Waals surface area contributed by atoms with Gasteiger partial charge in [0.15, 0.2) is 0 Å². The first kappa shape index (κ1) is 12.3. The van der Waals surface area contributed by atoms with Gasteiger partial charge in [-0.1, -0.05) is 0 Å². The maximum absolute atomic E-state index is 11.8. The molecular weight excluding hydrogens is 232 g/mol. The molecular formula is C11H16N6O. The third kappa shape index (κ3) is 2.24. The topological polar surface area (TPSA) is 88.5 Å². The quantitative estimate of drug-likeness (QED) is 0.822. The minimum Gasteiger partial charge on any atom is -0.345 e. The Hall–Kier alpha value is -2.18. The summed E-state index contributed by atoms with van der Waals surface area (Å²) in [7, 11) is 1.88. The average molecular weight is 248 g/mol. The number of nitrogens with one attached hydrogen (secondary N) is 2. The van der Waals surface area contributed by atoms with Gasteiger partial charge >= 0.3 is 0 Å². The van der Waals surface area contributed by atoms with E-state index in [0.29, 0.717) is 12.4 Å². The molecule has 0 saturated carbocycles. The standard InChI is InChI=1S/C11H16N6O/c1-6-9(7(2)17(4)16-6)5-12-11(18)10-13-8(3)14-15-10/h5H2,1-4H3,(H,12,18)(H,13,14,15). The first-order chi connectivity index (χ1) is 8.49. The second kappa shape index (κ2) is 4.59. The summed E-state index contributed by atoms with van der Waals surface area (Å²) in [4.78, 5) is 15.8. The lowest BCUT2D eigenvalue weighted by molar-refractivity contribution is 0.0941. The summed E-state index contributed by atoms with van der Waals surface area (Å²) in [5.41, 5.74) is 2.98. The van der Waals surface area contributed by atoms with Crippen LogP contribution in [0.2, 0.25) is 0 Å². The molecule has 1 amide bonds. The second-order valence-corrected chi connectivity index (χ2v) is 4.20. The van der Waals surface area contributed by atoms with Crippen molar-refractivity contribution in [3.05, 3.63) is 28.6 Å². The maximum atomic E-state index is 11.8. The highest BCUT2D eigenvalue weighted by Gasteiger charge is 2.14. The minimum atomic E-state index is -0.290. The Morgan fingerprint density at radius 2 is 2.11 bits per heavy atom. The Labute approximate surface area is 105 Å². The van der Waals surface area contributed by atoms with Gasteiger partial charge in [0.05, 0.1) is 5.69 Å². The molecule has 2 N–H and O–H groups in total. The molecule has 0 aliphatic rings. The summed E-state index contributed by atoms with van der Waals surface area (Å²) < 4.78 is 1.80. The Kier molecular flexibility index (Phi) is 3.14. The number of nitrogens with zero attached hydrogens (tertiary/aromatic N) is 4. The minimum absolute atomic E-state index is 0.159. The predicted molar refractivity (Wildman–Crippen MR) is 65.0 cm³/mol. The van der Waals surface area contributed by atoms with Crippen LogP contribution in [0, 0.1) is 20.8 Å². The molecule has 7 heteroatoms. The smallest absolute Gasteiger partial charge is 0.291 e. The summed E-state index contributed by atoms with van der Waals surface area (Å²) in [5.74, 6) is 0.489. The third-order valence-electron chi connectivity index (χ3n) is 2.88. The first-order valence-corrected chi connectivity index (χ1v) is 5.65. The van der Waals surface area contributed by atoms with Crippen LogP contribution < -0.4 is 5.32 Å². The van der Waals surface area contributed by atoms with Crippen LogP contribution in [0.15, 0.2) is 0 Å². The molecule has 7 nitrogen and oxygen atoms in total. The van der Waals surface area contributed by atoms with Gasteiger partial charge < -0.3 is 5.32 Å². The fraction of sp³-hybridized carbons (Fsp3) is 0.455. The largest absolute Gasteiger partial charge is 0.345 e. The molecule has 0 radical (unpaired) electrons. The number of H-pyrrole nitrogens is 1. The van der Waals surface area contributed by atoms with E-state index in [1.807, 2.05) is 20.9 Å². The summed E-state index contributed by atoms with van der Waals surface area (Å²) in [5, 5.41) is 13.5. The normalized spacial score (nSPS) is 10.7. The Morgan fingerprint density at radius 3 is 2.61 bits per heavy atom. The molecule has 0 saturated heterocycles. The number of rotatable bonds is 3. The lowest BCUT2D eigenvalue weighted by atomic mass is 10.2.